The summed E-state index contributed by atoms with van der Waals surface area (Å²) in [7, 11) is 0. The topological polar surface area (TPSA) is 3.24 Å². The Labute approximate surface area is 139 Å². The van der Waals surface area contributed by atoms with Gasteiger partial charge in [0.05, 0.1) is 5.38 Å². The second-order valence-electron chi connectivity index (χ2n) is 5.84. The molecule has 0 saturated heterocycles. The summed E-state index contributed by atoms with van der Waals surface area (Å²) in [5.74, 6) is 0. The Morgan fingerprint density at radius 1 is 1.05 bits per heavy atom. The third-order valence-electron chi connectivity index (χ3n) is 4.01. The van der Waals surface area contributed by atoms with E-state index < -0.39 is 0 Å². The van der Waals surface area contributed by atoms with Crippen molar-refractivity contribution in [3.05, 3.63) is 65.2 Å². The van der Waals surface area contributed by atoms with E-state index in [0.717, 1.165) is 19.5 Å². The summed E-state index contributed by atoms with van der Waals surface area (Å²) in [4.78, 5) is 2.34. The van der Waals surface area contributed by atoms with Crippen molar-refractivity contribution in [1.82, 2.24) is 0 Å². The number of aryl methyl sites for hydroxylation is 2. The van der Waals surface area contributed by atoms with Crippen molar-refractivity contribution >= 4 is 17.3 Å². The Balaban J connectivity index is 2.07. The van der Waals surface area contributed by atoms with Crippen LogP contribution in [0, 0.1) is 6.92 Å². The van der Waals surface area contributed by atoms with Crippen molar-refractivity contribution < 1.29 is 0 Å². The zero-order valence-corrected chi connectivity index (χ0v) is 14.6. The third kappa shape index (κ3) is 4.51. The maximum atomic E-state index is 6.66. The molecule has 0 spiro atoms. The average molecular weight is 316 g/mol. The van der Waals surface area contributed by atoms with Crippen molar-refractivity contribution in [1.29, 1.82) is 0 Å². The molecular formula is C20H26ClN. The highest BCUT2D eigenvalue weighted by Gasteiger charge is 2.13. The van der Waals surface area contributed by atoms with Crippen LogP contribution >= 0.6 is 11.6 Å². The van der Waals surface area contributed by atoms with Crippen molar-refractivity contribution in [3.63, 3.8) is 0 Å². The van der Waals surface area contributed by atoms with E-state index in [4.69, 9.17) is 11.6 Å². The van der Waals surface area contributed by atoms with Crippen LogP contribution < -0.4 is 4.90 Å². The molecule has 1 unspecified atom stereocenters. The highest BCUT2D eigenvalue weighted by molar-refractivity contribution is 6.21. The van der Waals surface area contributed by atoms with Gasteiger partial charge in [-0.3, -0.25) is 0 Å². The Kier molecular flexibility index (Phi) is 6.33. The lowest BCUT2D eigenvalue weighted by Crippen LogP contribution is -2.26. The van der Waals surface area contributed by atoms with E-state index in [1.165, 1.54) is 28.8 Å². The molecule has 0 aliphatic heterocycles. The lowest BCUT2D eigenvalue weighted by Gasteiger charge is -2.26. The summed E-state index contributed by atoms with van der Waals surface area (Å²) >= 11 is 6.66. The molecule has 2 rings (SSSR count). The van der Waals surface area contributed by atoms with Gasteiger partial charge >= 0.3 is 0 Å². The van der Waals surface area contributed by atoms with Crippen molar-refractivity contribution in [3.8, 4) is 0 Å². The number of likely N-dealkylation sites (N-methyl/N-ethyl adjacent to an activating group) is 1. The van der Waals surface area contributed by atoms with E-state index in [1.807, 2.05) is 0 Å². The normalized spacial score (nSPS) is 12.2. The standard InChI is InChI=1S/C20H26ClN/c1-4-7-17-10-12-18(13-11-17)20(21)15-22(5-2)19-9-6-8-16(3)14-19/h6,8-14,20H,4-5,7,15H2,1-3H3. The van der Waals surface area contributed by atoms with Crippen molar-refractivity contribution in [2.45, 2.75) is 39.0 Å². The van der Waals surface area contributed by atoms with E-state index in [0.29, 0.717) is 0 Å². The van der Waals surface area contributed by atoms with Gasteiger partial charge in [0.2, 0.25) is 0 Å². The van der Waals surface area contributed by atoms with Gasteiger partial charge in [0.15, 0.2) is 0 Å². The predicted octanol–water partition coefficient (Wildman–Crippen LogP) is 5.75. The molecule has 0 saturated carbocycles. The van der Waals surface area contributed by atoms with Crippen LogP contribution in [0.1, 0.15) is 42.3 Å². The zero-order valence-electron chi connectivity index (χ0n) is 13.8. The second-order valence-corrected chi connectivity index (χ2v) is 6.36. The predicted molar refractivity (Wildman–Crippen MR) is 98.1 cm³/mol. The SMILES string of the molecule is CCCc1ccc(C(Cl)CN(CC)c2cccc(C)c2)cc1. The Bertz CT molecular complexity index is 577. The van der Waals surface area contributed by atoms with Gasteiger partial charge in [0, 0.05) is 18.8 Å². The summed E-state index contributed by atoms with van der Waals surface area (Å²) in [6, 6.07) is 17.4. The molecule has 0 aliphatic carbocycles. The minimum absolute atomic E-state index is 0.0103. The molecule has 0 amide bonds. The molecule has 0 fully saturated rings. The number of hydrogen-bond donors (Lipinski definition) is 0. The molecule has 0 aliphatic rings. The van der Waals surface area contributed by atoms with Crippen LogP contribution in [0.15, 0.2) is 48.5 Å². The summed E-state index contributed by atoms with van der Waals surface area (Å²) in [5, 5.41) is 0.0103. The van der Waals surface area contributed by atoms with Gasteiger partial charge < -0.3 is 4.90 Å². The fourth-order valence-corrected chi connectivity index (χ4v) is 3.03. The van der Waals surface area contributed by atoms with Crippen molar-refractivity contribution in [2.75, 3.05) is 18.0 Å². The molecule has 1 nitrogen and oxygen atoms in total. The molecule has 2 heteroatoms. The van der Waals surface area contributed by atoms with Gasteiger partial charge in [-0.25, -0.2) is 0 Å². The summed E-state index contributed by atoms with van der Waals surface area (Å²) in [6.07, 6.45) is 2.32. The zero-order chi connectivity index (χ0) is 15.9. The number of hydrogen-bond acceptors (Lipinski definition) is 1. The number of halogens is 1. The van der Waals surface area contributed by atoms with Crippen LogP contribution in [0.25, 0.3) is 0 Å². The molecule has 118 valence electrons. The van der Waals surface area contributed by atoms with E-state index in [-0.39, 0.29) is 5.38 Å². The van der Waals surface area contributed by atoms with E-state index in [2.05, 4.69) is 74.2 Å². The fraction of sp³-hybridized carbons (Fsp3) is 0.400. The van der Waals surface area contributed by atoms with E-state index >= 15 is 0 Å². The smallest absolute Gasteiger partial charge is 0.0760 e. The highest BCUT2D eigenvalue weighted by Crippen LogP contribution is 2.25. The Morgan fingerprint density at radius 2 is 1.77 bits per heavy atom. The average Bonchev–Trinajstić information content (AvgIpc) is 2.53. The number of anilines is 1. The van der Waals surface area contributed by atoms with Gasteiger partial charge in [0.1, 0.15) is 0 Å². The van der Waals surface area contributed by atoms with Gasteiger partial charge in [-0.05, 0) is 49.1 Å². The van der Waals surface area contributed by atoms with Crippen LogP contribution in [0.2, 0.25) is 0 Å². The largest absolute Gasteiger partial charge is 0.370 e. The van der Waals surface area contributed by atoms with Crippen LogP contribution in [0.3, 0.4) is 0 Å². The first-order valence-corrected chi connectivity index (χ1v) is 8.62. The van der Waals surface area contributed by atoms with Crippen LogP contribution in [-0.4, -0.2) is 13.1 Å². The summed E-state index contributed by atoms with van der Waals surface area (Å²) in [5.41, 5.74) is 5.12. The monoisotopic (exact) mass is 315 g/mol. The maximum absolute atomic E-state index is 6.66. The molecule has 0 aromatic heterocycles. The molecule has 0 radical (unpaired) electrons. The fourth-order valence-electron chi connectivity index (χ4n) is 2.72. The van der Waals surface area contributed by atoms with Gasteiger partial charge in [-0.15, -0.1) is 11.6 Å². The van der Waals surface area contributed by atoms with Crippen LogP contribution in [-0.2, 0) is 6.42 Å². The number of nitrogens with zero attached hydrogens (tertiary/aromatic N) is 1. The molecule has 0 bridgehead atoms. The minimum Gasteiger partial charge on any atom is -0.370 e. The first-order chi connectivity index (χ1) is 10.6. The lowest BCUT2D eigenvalue weighted by atomic mass is 10.1. The maximum Gasteiger partial charge on any atom is 0.0760 e. The van der Waals surface area contributed by atoms with Crippen LogP contribution in [0.4, 0.5) is 5.69 Å². The Morgan fingerprint density at radius 3 is 2.36 bits per heavy atom. The molecule has 2 aromatic carbocycles. The minimum atomic E-state index is 0.0103. The summed E-state index contributed by atoms with van der Waals surface area (Å²) in [6.45, 7) is 8.30. The third-order valence-corrected chi connectivity index (χ3v) is 4.40. The van der Waals surface area contributed by atoms with Crippen molar-refractivity contribution in [2.24, 2.45) is 0 Å². The molecular weight excluding hydrogens is 290 g/mol. The summed E-state index contributed by atoms with van der Waals surface area (Å²) < 4.78 is 0. The van der Waals surface area contributed by atoms with Gasteiger partial charge in [-0.1, -0.05) is 49.7 Å². The second kappa shape index (κ2) is 8.24. The number of rotatable bonds is 7. The van der Waals surface area contributed by atoms with Gasteiger partial charge in [-0.2, -0.15) is 0 Å². The lowest BCUT2D eigenvalue weighted by molar-refractivity contribution is 0.789. The number of alkyl halides is 1. The molecule has 2 aromatic rings. The molecule has 22 heavy (non-hydrogen) atoms. The molecule has 0 N–H and O–H groups in total. The molecule has 1 atom stereocenters. The quantitative estimate of drug-likeness (QED) is 0.588. The van der Waals surface area contributed by atoms with E-state index in [9.17, 15) is 0 Å². The molecule has 0 heterocycles. The van der Waals surface area contributed by atoms with E-state index in [1.54, 1.807) is 0 Å². The first kappa shape index (κ1) is 16.9. The van der Waals surface area contributed by atoms with Crippen LogP contribution in [0.5, 0.6) is 0 Å². The first-order valence-electron chi connectivity index (χ1n) is 8.18. The number of benzene rings is 2. The highest BCUT2D eigenvalue weighted by atomic mass is 35.5. The Hall–Kier alpha value is -1.47. The van der Waals surface area contributed by atoms with Gasteiger partial charge in [0.25, 0.3) is 0 Å².